The predicted molar refractivity (Wildman–Crippen MR) is 85.1 cm³/mol. The van der Waals surface area contributed by atoms with Crippen LogP contribution in [0, 0.1) is 0 Å². The molecule has 0 aromatic carbocycles. The van der Waals surface area contributed by atoms with E-state index in [1.165, 1.54) is 0 Å². The number of ether oxygens (including phenoxy) is 1. The molecule has 1 rings (SSSR count). The summed E-state index contributed by atoms with van der Waals surface area (Å²) < 4.78 is 5.07. The topological polar surface area (TPSA) is 64.3 Å². The van der Waals surface area contributed by atoms with Crippen molar-refractivity contribution in [3.8, 4) is 0 Å². The van der Waals surface area contributed by atoms with Crippen LogP contribution in [-0.4, -0.2) is 37.3 Å². The minimum Gasteiger partial charge on any atom is -0.380 e. The summed E-state index contributed by atoms with van der Waals surface area (Å²) in [6.07, 6.45) is 2.07. The second-order valence-corrected chi connectivity index (χ2v) is 5.07. The van der Waals surface area contributed by atoms with Gasteiger partial charge in [-0.3, -0.25) is 0 Å². The van der Waals surface area contributed by atoms with Gasteiger partial charge in [0.15, 0.2) is 0 Å². The summed E-state index contributed by atoms with van der Waals surface area (Å²) in [5.41, 5.74) is 8.34. The molecule has 1 aromatic heterocycles. The van der Waals surface area contributed by atoms with E-state index in [4.69, 9.17) is 22.1 Å². The highest BCUT2D eigenvalue weighted by Gasteiger charge is 2.15. The van der Waals surface area contributed by atoms with Gasteiger partial charge in [-0.1, -0.05) is 29.8 Å². The Kier molecular flexibility index (Phi) is 5.98. The molecule has 0 bridgehead atoms. The Bertz CT molecular complexity index is 528. The van der Waals surface area contributed by atoms with Crippen molar-refractivity contribution in [2.24, 2.45) is 0 Å². The van der Waals surface area contributed by atoms with E-state index < -0.39 is 0 Å². The fourth-order valence-corrected chi connectivity index (χ4v) is 2.08. The van der Waals surface area contributed by atoms with Gasteiger partial charge in [-0.05, 0) is 19.4 Å². The summed E-state index contributed by atoms with van der Waals surface area (Å²) >= 11 is 6.13. The predicted octanol–water partition coefficient (Wildman–Crippen LogP) is 2.77. The number of likely N-dealkylation sites (N-methyl/N-ethyl adjacent to an activating group) is 1. The van der Waals surface area contributed by atoms with E-state index in [-0.39, 0.29) is 5.95 Å². The normalized spacial score (nSPS) is 11.6. The number of hydrogen-bond donors (Lipinski definition) is 1. The maximum absolute atomic E-state index is 6.13. The molecule has 20 heavy (non-hydrogen) atoms. The van der Waals surface area contributed by atoms with Crippen LogP contribution in [0.3, 0.4) is 0 Å². The Labute approximate surface area is 125 Å². The molecule has 2 N–H and O–H groups in total. The molecule has 0 spiro atoms. The highest BCUT2D eigenvalue weighted by atomic mass is 35.5. The Hall–Kier alpha value is -1.59. The largest absolute Gasteiger partial charge is 0.380 e. The molecular weight excluding hydrogens is 276 g/mol. The van der Waals surface area contributed by atoms with Crippen molar-refractivity contribution in [3.63, 3.8) is 0 Å². The maximum atomic E-state index is 6.13. The molecular formula is C14H21ClN4O. The summed E-state index contributed by atoms with van der Waals surface area (Å²) in [6.45, 7) is 9.07. The van der Waals surface area contributed by atoms with Gasteiger partial charge in [-0.15, -0.1) is 0 Å². The Morgan fingerprint density at radius 1 is 1.45 bits per heavy atom. The van der Waals surface area contributed by atoms with Gasteiger partial charge in [-0.25, -0.2) is 4.98 Å². The number of methoxy groups -OCH3 is 1. The zero-order valence-corrected chi connectivity index (χ0v) is 13.2. The molecule has 0 saturated carbocycles. The summed E-state index contributed by atoms with van der Waals surface area (Å²) in [5.74, 6) is 0.830. The number of rotatable bonds is 6. The Balaban J connectivity index is 3.06. The second kappa shape index (κ2) is 7.26. The molecule has 0 amide bonds. The van der Waals surface area contributed by atoms with E-state index in [2.05, 4.69) is 22.6 Å². The lowest BCUT2D eigenvalue weighted by Gasteiger charge is -2.21. The van der Waals surface area contributed by atoms with Gasteiger partial charge >= 0.3 is 0 Å². The van der Waals surface area contributed by atoms with Crippen LogP contribution in [0.5, 0.6) is 0 Å². The van der Waals surface area contributed by atoms with E-state index >= 15 is 0 Å². The number of nitrogen functional groups attached to an aromatic ring is 1. The monoisotopic (exact) mass is 296 g/mol. The van der Waals surface area contributed by atoms with Gasteiger partial charge < -0.3 is 15.4 Å². The molecule has 0 saturated heterocycles. The first-order chi connectivity index (χ1) is 9.36. The first-order valence-corrected chi connectivity index (χ1v) is 6.59. The Morgan fingerprint density at radius 2 is 2.10 bits per heavy atom. The summed E-state index contributed by atoms with van der Waals surface area (Å²) in [6, 6.07) is 0. The minimum absolute atomic E-state index is 0.152. The highest BCUT2D eigenvalue weighted by molar-refractivity contribution is 6.31. The van der Waals surface area contributed by atoms with Crippen LogP contribution >= 0.6 is 11.6 Å². The van der Waals surface area contributed by atoms with E-state index in [0.717, 1.165) is 16.7 Å². The standard InChI is InChI=1S/C14H21ClN4O/c1-9(2)11-12(15)17-14(16)18-13(11)19(4)7-6-10(3)8-20-5/h6H,1,7-8H2,2-5H3,(H2,16,17,18)/b10-6+. The number of aromatic nitrogens is 2. The van der Waals surface area contributed by atoms with Crippen molar-refractivity contribution in [2.75, 3.05) is 37.9 Å². The zero-order valence-electron chi connectivity index (χ0n) is 12.4. The summed E-state index contributed by atoms with van der Waals surface area (Å²) in [4.78, 5) is 10.2. The summed E-state index contributed by atoms with van der Waals surface area (Å²) in [7, 11) is 3.59. The minimum atomic E-state index is 0.152. The van der Waals surface area contributed by atoms with Gasteiger partial charge in [0.1, 0.15) is 11.0 Å². The van der Waals surface area contributed by atoms with Gasteiger partial charge in [0.05, 0.1) is 12.2 Å². The fraction of sp³-hybridized carbons (Fsp3) is 0.429. The average molecular weight is 297 g/mol. The third-order valence-corrected chi connectivity index (χ3v) is 3.01. The van der Waals surface area contributed by atoms with E-state index in [0.29, 0.717) is 24.1 Å². The number of halogens is 1. The van der Waals surface area contributed by atoms with E-state index in [1.54, 1.807) is 7.11 Å². The van der Waals surface area contributed by atoms with Crippen molar-refractivity contribution in [2.45, 2.75) is 13.8 Å². The molecule has 5 nitrogen and oxygen atoms in total. The maximum Gasteiger partial charge on any atom is 0.223 e. The third kappa shape index (κ3) is 4.21. The van der Waals surface area contributed by atoms with Gasteiger partial charge in [0.25, 0.3) is 0 Å². The van der Waals surface area contributed by atoms with Crippen LogP contribution in [0.25, 0.3) is 5.57 Å². The quantitative estimate of drug-likeness (QED) is 0.646. The SMILES string of the molecule is C=C(C)c1c(Cl)nc(N)nc1N(C)C/C=C(\C)COC. The molecule has 110 valence electrons. The lowest BCUT2D eigenvalue weighted by atomic mass is 10.1. The number of nitrogens with zero attached hydrogens (tertiary/aromatic N) is 3. The van der Waals surface area contributed by atoms with Crippen LogP contribution in [0.4, 0.5) is 11.8 Å². The van der Waals surface area contributed by atoms with Crippen molar-refractivity contribution in [1.82, 2.24) is 9.97 Å². The van der Waals surface area contributed by atoms with Gasteiger partial charge in [0, 0.05) is 20.7 Å². The van der Waals surface area contributed by atoms with Crippen LogP contribution < -0.4 is 10.6 Å². The molecule has 0 fully saturated rings. The van der Waals surface area contributed by atoms with Crippen molar-refractivity contribution in [3.05, 3.63) is 28.9 Å². The molecule has 0 radical (unpaired) electrons. The first-order valence-electron chi connectivity index (χ1n) is 6.21. The van der Waals surface area contributed by atoms with Crippen molar-refractivity contribution >= 4 is 28.9 Å². The number of allylic oxidation sites excluding steroid dienone is 1. The van der Waals surface area contributed by atoms with E-state index in [9.17, 15) is 0 Å². The highest BCUT2D eigenvalue weighted by Crippen LogP contribution is 2.30. The first kappa shape index (κ1) is 16.5. The van der Waals surface area contributed by atoms with Crippen LogP contribution in [0.2, 0.25) is 5.15 Å². The second-order valence-electron chi connectivity index (χ2n) is 4.72. The molecule has 0 atom stereocenters. The lowest BCUT2D eigenvalue weighted by molar-refractivity contribution is 0.225. The van der Waals surface area contributed by atoms with E-state index in [1.807, 2.05) is 25.8 Å². The molecule has 0 aliphatic carbocycles. The van der Waals surface area contributed by atoms with Crippen LogP contribution in [0.15, 0.2) is 18.2 Å². The molecule has 1 aromatic rings. The van der Waals surface area contributed by atoms with Gasteiger partial charge in [-0.2, -0.15) is 4.98 Å². The lowest BCUT2D eigenvalue weighted by Crippen LogP contribution is -2.21. The van der Waals surface area contributed by atoms with Crippen molar-refractivity contribution < 1.29 is 4.74 Å². The smallest absolute Gasteiger partial charge is 0.223 e. The molecule has 0 unspecified atom stereocenters. The van der Waals surface area contributed by atoms with Crippen LogP contribution in [0.1, 0.15) is 19.4 Å². The Morgan fingerprint density at radius 3 is 2.65 bits per heavy atom. The molecule has 1 heterocycles. The number of anilines is 2. The number of hydrogen-bond acceptors (Lipinski definition) is 5. The average Bonchev–Trinajstić information content (AvgIpc) is 2.34. The molecule has 0 aliphatic rings. The van der Waals surface area contributed by atoms with Gasteiger partial charge in [0.2, 0.25) is 5.95 Å². The van der Waals surface area contributed by atoms with Crippen molar-refractivity contribution in [1.29, 1.82) is 0 Å². The number of nitrogens with two attached hydrogens (primary N) is 1. The summed E-state index contributed by atoms with van der Waals surface area (Å²) in [5, 5.41) is 0.324. The molecule has 0 aliphatic heterocycles. The third-order valence-electron chi connectivity index (χ3n) is 2.74. The molecule has 6 heteroatoms. The van der Waals surface area contributed by atoms with Crippen LogP contribution in [-0.2, 0) is 4.74 Å². The zero-order chi connectivity index (χ0) is 15.3. The fourth-order valence-electron chi connectivity index (χ4n) is 1.75.